The largest absolute Gasteiger partial charge is 0.326 e. The van der Waals surface area contributed by atoms with Gasteiger partial charge in [-0.25, -0.2) is 4.99 Å². The summed E-state index contributed by atoms with van der Waals surface area (Å²) >= 11 is 3.41. The van der Waals surface area contributed by atoms with Gasteiger partial charge in [-0.2, -0.15) is 0 Å². The van der Waals surface area contributed by atoms with Crippen LogP contribution in [0.2, 0.25) is 0 Å². The minimum atomic E-state index is -0.351. The Hall–Kier alpha value is -3.52. The molecule has 3 rings (SSSR count). The van der Waals surface area contributed by atoms with Gasteiger partial charge in [-0.05, 0) is 61.0 Å². The van der Waals surface area contributed by atoms with Crippen LogP contribution in [-0.4, -0.2) is 22.8 Å². The second-order valence-electron chi connectivity index (χ2n) is 6.78. The lowest BCUT2D eigenvalue weighted by molar-refractivity contribution is -0.114. The van der Waals surface area contributed by atoms with Gasteiger partial charge >= 0.3 is 0 Å². The van der Waals surface area contributed by atoms with Crippen LogP contribution in [0.1, 0.15) is 28.5 Å². The van der Waals surface area contributed by atoms with Crippen LogP contribution in [0.4, 0.5) is 11.4 Å². The maximum absolute atomic E-state index is 12.9. The molecule has 0 atom stereocenters. The van der Waals surface area contributed by atoms with Crippen LogP contribution in [-0.2, 0) is 11.3 Å². The number of aromatic nitrogens is 1. The molecule has 0 saturated carbocycles. The fourth-order valence-corrected chi connectivity index (χ4v) is 2.96. The third-order valence-electron chi connectivity index (χ3n) is 4.27. The Morgan fingerprint density at radius 2 is 1.81 bits per heavy atom. The summed E-state index contributed by atoms with van der Waals surface area (Å²) in [5.41, 5.74) is 3.40. The lowest BCUT2D eigenvalue weighted by Crippen LogP contribution is -2.36. The van der Waals surface area contributed by atoms with Gasteiger partial charge in [0, 0.05) is 34.5 Å². The molecule has 2 aromatic carbocycles. The lowest BCUT2D eigenvalue weighted by Gasteiger charge is -2.13. The minimum Gasteiger partial charge on any atom is -0.326 e. The quantitative estimate of drug-likeness (QED) is 0.370. The number of amides is 2. The summed E-state index contributed by atoms with van der Waals surface area (Å²) in [5, 5.41) is 8.69. The van der Waals surface area contributed by atoms with E-state index in [1.165, 1.54) is 6.92 Å². The summed E-state index contributed by atoms with van der Waals surface area (Å²) in [6.45, 7) is 3.59. The number of benzene rings is 2. The molecule has 0 aliphatic heterocycles. The molecule has 0 aliphatic rings. The molecule has 2 amide bonds. The number of aliphatic imine (C=N–C) groups is 1. The van der Waals surface area contributed by atoms with Gasteiger partial charge < -0.3 is 10.6 Å². The molecule has 3 aromatic rings. The molecular formula is C23H22BrN5O2. The molecular weight excluding hydrogens is 458 g/mol. The van der Waals surface area contributed by atoms with Crippen molar-refractivity contribution in [2.75, 3.05) is 10.6 Å². The number of nitrogens with zero attached hydrogens (tertiary/aromatic N) is 2. The molecule has 1 aromatic heterocycles. The number of carbonyl (C=O) groups is 2. The van der Waals surface area contributed by atoms with Gasteiger partial charge in [0.2, 0.25) is 11.9 Å². The number of guanidine groups is 1. The van der Waals surface area contributed by atoms with Crippen molar-refractivity contribution < 1.29 is 9.59 Å². The third-order valence-corrected chi connectivity index (χ3v) is 4.80. The van der Waals surface area contributed by atoms with Gasteiger partial charge in [0.05, 0.1) is 12.2 Å². The highest BCUT2D eigenvalue weighted by Gasteiger charge is 2.12. The number of nitrogens with one attached hydrogen (secondary N) is 3. The first-order valence-corrected chi connectivity index (χ1v) is 10.4. The first-order valence-electron chi connectivity index (χ1n) is 9.57. The van der Waals surface area contributed by atoms with Crippen LogP contribution >= 0.6 is 15.9 Å². The van der Waals surface area contributed by atoms with Crippen molar-refractivity contribution in [3.63, 3.8) is 0 Å². The van der Waals surface area contributed by atoms with E-state index in [2.05, 4.69) is 41.9 Å². The average molecular weight is 480 g/mol. The fraction of sp³-hybridized carbons (Fsp3) is 0.130. The maximum atomic E-state index is 12.9. The number of aryl methyl sites for hydroxylation is 1. The lowest BCUT2D eigenvalue weighted by atomic mass is 10.1. The SMILES string of the molecule is CC(=O)Nc1cc(C(=O)NC(=NCc2ccccn2)Nc2ccc(Br)cc2)ccc1C. The highest BCUT2D eigenvalue weighted by Crippen LogP contribution is 2.17. The second-order valence-corrected chi connectivity index (χ2v) is 7.70. The number of halogens is 1. The summed E-state index contributed by atoms with van der Waals surface area (Å²) in [6, 6.07) is 18.2. The predicted octanol–water partition coefficient (Wildman–Crippen LogP) is 4.51. The molecule has 158 valence electrons. The summed E-state index contributed by atoms with van der Waals surface area (Å²) < 4.78 is 0.944. The minimum absolute atomic E-state index is 0.199. The molecule has 0 spiro atoms. The summed E-state index contributed by atoms with van der Waals surface area (Å²) in [6.07, 6.45) is 1.70. The number of pyridine rings is 1. The number of anilines is 2. The predicted molar refractivity (Wildman–Crippen MR) is 126 cm³/mol. The molecule has 0 unspecified atom stereocenters. The molecule has 31 heavy (non-hydrogen) atoms. The van der Waals surface area contributed by atoms with E-state index in [0.29, 0.717) is 23.8 Å². The average Bonchev–Trinajstić information content (AvgIpc) is 2.75. The smallest absolute Gasteiger partial charge is 0.258 e. The molecule has 1 heterocycles. The summed E-state index contributed by atoms with van der Waals surface area (Å²) in [5.74, 6) is -0.259. The molecule has 0 saturated heterocycles. The first kappa shape index (κ1) is 22.2. The Morgan fingerprint density at radius 3 is 2.48 bits per heavy atom. The number of hydrogen-bond donors (Lipinski definition) is 3. The molecule has 3 N–H and O–H groups in total. The van der Waals surface area contributed by atoms with Gasteiger partial charge in [-0.1, -0.05) is 28.1 Å². The van der Waals surface area contributed by atoms with Crippen LogP contribution in [0.25, 0.3) is 0 Å². The molecule has 0 aliphatic carbocycles. The molecule has 0 bridgehead atoms. The van der Waals surface area contributed by atoms with Gasteiger partial charge in [-0.15, -0.1) is 0 Å². The van der Waals surface area contributed by atoms with Crippen molar-refractivity contribution in [1.82, 2.24) is 10.3 Å². The monoisotopic (exact) mass is 479 g/mol. The van der Waals surface area contributed by atoms with Gasteiger partial charge in [0.25, 0.3) is 5.91 Å². The van der Waals surface area contributed by atoms with E-state index < -0.39 is 0 Å². The highest BCUT2D eigenvalue weighted by molar-refractivity contribution is 9.10. The Kier molecular flexibility index (Phi) is 7.50. The van der Waals surface area contributed by atoms with Crippen molar-refractivity contribution >= 4 is 45.1 Å². The van der Waals surface area contributed by atoms with E-state index in [0.717, 1.165) is 21.4 Å². The van der Waals surface area contributed by atoms with Crippen molar-refractivity contribution in [3.05, 3.63) is 88.2 Å². The van der Waals surface area contributed by atoms with Crippen LogP contribution in [0.5, 0.6) is 0 Å². The van der Waals surface area contributed by atoms with E-state index in [-0.39, 0.29) is 11.8 Å². The standard InChI is InChI=1S/C23H22BrN5O2/c1-15-6-7-17(13-21(15)27-16(2)30)22(31)29-23(26-14-20-5-3-4-12-25-20)28-19-10-8-18(24)9-11-19/h3-13H,14H2,1-2H3,(H,27,30)(H2,26,28,29,31). The zero-order valence-electron chi connectivity index (χ0n) is 17.1. The van der Waals surface area contributed by atoms with Crippen LogP contribution in [0.3, 0.4) is 0 Å². The van der Waals surface area contributed by atoms with Crippen molar-refractivity contribution in [2.45, 2.75) is 20.4 Å². The van der Waals surface area contributed by atoms with Gasteiger partial charge in [0.1, 0.15) is 0 Å². The van der Waals surface area contributed by atoms with Crippen molar-refractivity contribution in [1.29, 1.82) is 0 Å². The Bertz CT molecular complexity index is 1100. The van der Waals surface area contributed by atoms with Crippen LogP contribution < -0.4 is 16.0 Å². The normalized spacial score (nSPS) is 11.0. The van der Waals surface area contributed by atoms with Crippen molar-refractivity contribution in [3.8, 4) is 0 Å². The Balaban J connectivity index is 1.82. The zero-order valence-corrected chi connectivity index (χ0v) is 18.7. The van der Waals surface area contributed by atoms with E-state index in [1.54, 1.807) is 24.4 Å². The molecule has 0 fully saturated rings. The van der Waals surface area contributed by atoms with Crippen molar-refractivity contribution in [2.24, 2.45) is 4.99 Å². The van der Waals surface area contributed by atoms with E-state index in [1.807, 2.05) is 49.4 Å². The Labute approximate surface area is 189 Å². The Morgan fingerprint density at radius 1 is 1.03 bits per heavy atom. The maximum Gasteiger partial charge on any atom is 0.258 e. The number of hydrogen-bond acceptors (Lipinski definition) is 4. The summed E-state index contributed by atoms with van der Waals surface area (Å²) in [7, 11) is 0. The molecule has 7 nitrogen and oxygen atoms in total. The van der Waals surface area contributed by atoms with E-state index in [4.69, 9.17) is 0 Å². The molecule has 0 radical (unpaired) electrons. The first-order chi connectivity index (χ1) is 14.9. The van der Waals surface area contributed by atoms with Crippen LogP contribution in [0, 0.1) is 6.92 Å². The highest BCUT2D eigenvalue weighted by atomic mass is 79.9. The zero-order chi connectivity index (χ0) is 22.2. The summed E-state index contributed by atoms with van der Waals surface area (Å²) in [4.78, 5) is 33.1. The van der Waals surface area contributed by atoms with E-state index >= 15 is 0 Å². The van der Waals surface area contributed by atoms with E-state index in [9.17, 15) is 9.59 Å². The topological polar surface area (TPSA) is 95.5 Å². The number of rotatable bonds is 5. The van der Waals surface area contributed by atoms with Crippen LogP contribution in [0.15, 0.2) is 76.3 Å². The third kappa shape index (κ3) is 6.75. The number of carbonyl (C=O) groups excluding carboxylic acids is 2. The second kappa shape index (κ2) is 10.5. The molecule has 8 heteroatoms. The fourth-order valence-electron chi connectivity index (χ4n) is 2.70. The van der Waals surface area contributed by atoms with Gasteiger partial charge in [-0.3, -0.25) is 19.9 Å². The van der Waals surface area contributed by atoms with Gasteiger partial charge in [0.15, 0.2) is 0 Å².